The number of aliphatic imine (C=N–C) groups is 1. The van der Waals surface area contributed by atoms with Gasteiger partial charge in [0.25, 0.3) is 0 Å². The fraction of sp³-hybridized carbons (Fsp3) is 0.733. The van der Waals surface area contributed by atoms with Crippen LogP contribution in [0.5, 0.6) is 0 Å². The van der Waals surface area contributed by atoms with Crippen LogP contribution in [0.4, 0.5) is 5.82 Å². The van der Waals surface area contributed by atoms with Crippen molar-refractivity contribution >= 4 is 23.2 Å². The maximum Gasteiger partial charge on any atom is 0.184 e. The van der Waals surface area contributed by atoms with Gasteiger partial charge < -0.3 is 4.74 Å². The summed E-state index contributed by atoms with van der Waals surface area (Å²) in [5.74, 6) is 0.658. The van der Waals surface area contributed by atoms with E-state index in [0.29, 0.717) is 11.9 Å². The van der Waals surface area contributed by atoms with Crippen molar-refractivity contribution in [2.24, 2.45) is 4.99 Å². The summed E-state index contributed by atoms with van der Waals surface area (Å²) in [5.41, 5.74) is 1.23. The third-order valence-corrected chi connectivity index (χ3v) is 3.95. The molecule has 0 aromatic carbocycles. The first-order chi connectivity index (χ1) is 9.95. The van der Waals surface area contributed by atoms with Gasteiger partial charge in [0.05, 0.1) is 17.8 Å². The Bertz CT molecular complexity index is 528. The molecule has 2 rings (SSSR count). The molecule has 5 nitrogen and oxygen atoms in total. The normalized spacial score (nSPS) is 19.7. The molecule has 1 atom stereocenters. The van der Waals surface area contributed by atoms with Gasteiger partial charge in [-0.15, -0.1) is 0 Å². The number of nitrogens with zero attached hydrogens (tertiary/aromatic N) is 4. The maximum absolute atomic E-state index is 5.16. The molecule has 1 aliphatic heterocycles. The number of methoxy groups -OCH3 is 1. The molecule has 116 valence electrons. The van der Waals surface area contributed by atoms with Crippen molar-refractivity contribution in [1.82, 2.24) is 14.7 Å². The van der Waals surface area contributed by atoms with E-state index < -0.39 is 0 Å². The van der Waals surface area contributed by atoms with Crippen LogP contribution in [0.2, 0.25) is 0 Å². The molecule has 0 radical (unpaired) electrons. The van der Waals surface area contributed by atoms with E-state index in [2.05, 4.69) is 45.6 Å². The van der Waals surface area contributed by atoms with E-state index in [1.807, 2.05) is 6.07 Å². The Morgan fingerprint density at radius 1 is 1.52 bits per heavy atom. The van der Waals surface area contributed by atoms with Crippen LogP contribution < -0.4 is 0 Å². The van der Waals surface area contributed by atoms with Gasteiger partial charge in [-0.05, 0) is 18.6 Å². The van der Waals surface area contributed by atoms with Crippen LogP contribution in [0.15, 0.2) is 11.1 Å². The minimum atomic E-state index is 0.0299. The van der Waals surface area contributed by atoms with E-state index in [1.54, 1.807) is 7.11 Å². The Balaban J connectivity index is 2.21. The second-order valence-electron chi connectivity index (χ2n) is 6.52. The van der Waals surface area contributed by atoms with E-state index in [9.17, 15) is 0 Å². The highest BCUT2D eigenvalue weighted by atomic mass is 32.1. The van der Waals surface area contributed by atoms with E-state index in [-0.39, 0.29) is 5.41 Å². The zero-order chi connectivity index (χ0) is 15.5. The van der Waals surface area contributed by atoms with E-state index in [0.717, 1.165) is 32.7 Å². The van der Waals surface area contributed by atoms with E-state index in [1.165, 1.54) is 5.69 Å². The van der Waals surface area contributed by atoms with E-state index in [4.69, 9.17) is 17.0 Å². The lowest BCUT2D eigenvalue weighted by Crippen LogP contribution is -2.27. The van der Waals surface area contributed by atoms with Gasteiger partial charge in [-0.25, -0.2) is 0 Å². The average Bonchev–Trinajstić information content (AvgIpc) is 3.02. The van der Waals surface area contributed by atoms with Crippen LogP contribution in [0.25, 0.3) is 0 Å². The third kappa shape index (κ3) is 3.98. The summed E-state index contributed by atoms with van der Waals surface area (Å²) in [4.78, 5) is 6.46. The minimum absolute atomic E-state index is 0.0299. The fourth-order valence-corrected chi connectivity index (χ4v) is 2.85. The zero-order valence-electron chi connectivity index (χ0n) is 13.3. The largest absolute Gasteiger partial charge is 0.383 e. The van der Waals surface area contributed by atoms with Crippen molar-refractivity contribution in [1.29, 1.82) is 0 Å². The number of isothiocyanates is 1. The van der Waals surface area contributed by atoms with Crippen molar-refractivity contribution in [3.05, 3.63) is 11.8 Å². The first-order valence-corrected chi connectivity index (χ1v) is 7.75. The lowest BCUT2D eigenvalue weighted by molar-refractivity contribution is 0.158. The third-order valence-electron chi connectivity index (χ3n) is 3.86. The van der Waals surface area contributed by atoms with Crippen LogP contribution >= 0.6 is 12.2 Å². The van der Waals surface area contributed by atoms with Crippen molar-refractivity contribution in [2.45, 2.75) is 38.6 Å². The van der Waals surface area contributed by atoms with Gasteiger partial charge in [-0.1, -0.05) is 20.8 Å². The van der Waals surface area contributed by atoms with Gasteiger partial charge in [0.15, 0.2) is 5.82 Å². The number of ether oxygens (including phenoxy) is 1. The lowest BCUT2D eigenvalue weighted by atomic mass is 9.91. The number of hydrogen-bond donors (Lipinski definition) is 0. The van der Waals surface area contributed by atoms with E-state index >= 15 is 0 Å². The summed E-state index contributed by atoms with van der Waals surface area (Å²) in [6.45, 7) is 10.4. The molecule has 0 bridgehead atoms. The second-order valence-corrected chi connectivity index (χ2v) is 6.70. The minimum Gasteiger partial charge on any atom is -0.383 e. The Morgan fingerprint density at radius 3 is 2.90 bits per heavy atom. The molecule has 0 spiro atoms. The van der Waals surface area contributed by atoms with Gasteiger partial charge in [0.1, 0.15) is 0 Å². The molecule has 1 aromatic heterocycles. The predicted octanol–water partition coefficient (Wildman–Crippen LogP) is 2.81. The Morgan fingerprint density at radius 2 is 2.29 bits per heavy atom. The number of hydrogen-bond acceptors (Lipinski definition) is 5. The molecule has 1 aromatic rings. The molecular weight excluding hydrogens is 284 g/mol. The van der Waals surface area contributed by atoms with Crippen LogP contribution in [0.1, 0.15) is 38.9 Å². The number of likely N-dealkylation sites (tertiary alicyclic amines) is 1. The quantitative estimate of drug-likeness (QED) is 0.620. The standard InChI is InChI=1S/C15H24N4OS/c1-15(2,3)13-9-14(16-11-21)17-19(13)12-5-6-18(10-12)7-8-20-4/h9,12H,5-8,10H2,1-4H3/t12-/m1/s1. The van der Waals surface area contributed by atoms with Gasteiger partial charge >= 0.3 is 0 Å². The van der Waals surface area contributed by atoms with Crippen LogP contribution in [0.3, 0.4) is 0 Å². The highest BCUT2D eigenvalue weighted by Gasteiger charge is 2.29. The van der Waals surface area contributed by atoms with Crippen LogP contribution in [-0.4, -0.2) is 53.2 Å². The molecule has 0 aliphatic carbocycles. The summed E-state index contributed by atoms with van der Waals surface area (Å²) in [7, 11) is 1.74. The highest BCUT2D eigenvalue weighted by molar-refractivity contribution is 7.78. The summed E-state index contributed by atoms with van der Waals surface area (Å²) < 4.78 is 7.30. The van der Waals surface area contributed by atoms with Gasteiger partial charge in [-0.3, -0.25) is 9.58 Å². The summed E-state index contributed by atoms with van der Waals surface area (Å²) >= 11 is 4.69. The number of aromatic nitrogens is 2. The summed E-state index contributed by atoms with van der Waals surface area (Å²) in [6, 6.07) is 2.42. The Kier molecular flexibility index (Phi) is 5.27. The first kappa shape index (κ1) is 16.3. The van der Waals surface area contributed by atoms with Crippen molar-refractivity contribution in [3.8, 4) is 0 Å². The number of rotatable bonds is 5. The van der Waals surface area contributed by atoms with Crippen molar-refractivity contribution in [2.75, 3.05) is 33.4 Å². The van der Waals surface area contributed by atoms with Gasteiger partial charge in [0, 0.05) is 43.9 Å². The zero-order valence-corrected chi connectivity index (χ0v) is 14.1. The first-order valence-electron chi connectivity index (χ1n) is 7.35. The molecule has 0 N–H and O–H groups in total. The molecule has 21 heavy (non-hydrogen) atoms. The molecule has 2 heterocycles. The van der Waals surface area contributed by atoms with Crippen LogP contribution in [0, 0.1) is 0 Å². The molecule has 0 unspecified atom stereocenters. The van der Waals surface area contributed by atoms with Gasteiger partial charge in [0.2, 0.25) is 0 Å². The smallest absolute Gasteiger partial charge is 0.184 e. The van der Waals surface area contributed by atoms with Crippen molar-refractivity contribution in [3.63, 3.8) is 0 Å². The fourth-order valence-electron chi connectivity index (χ4n) is 2.76. The average molecular weight is 308 g/mol. The van der Waals surface area contributed by atoms with Gasteiger partial charge in [-0.2, -0.15) is 10.1 Å². The Labute approximate surface area is 132 Å². The predicted molar refractivity (Wildman–Crippen MR) is 87.6 cm³/mol. The molecule has 1 fully saturated rings. The maximum atomic E-state index is 5.16. The SMILES string of the molecule is COCCN1CC[C@@H](n2nc(N=C=S)cc2C(C)(C)C)C1. The molecular formula is C15H24N4OS. The second kappa shape index (κ2) is 6.79. The molecule has 1 saturated heterocycles. The monoisotopic (exact) mass is 308 g/mol. The lowest BCUT2D eigenvalue weighted by Gasteiger charge is -2.23. The van der Waals surface area contributed by atoms with Crippen LogP contribution in [-0.2, 0) is 10.2 Å². The molecule has 0 saturated carbocycles. The molecule has 1 aliphatic rings. The molecule has 6 heteroatoms. The Hall–Kier alpha value is -1.07. The summed E-state index contributed by atoms with van der Waals surface area (Å²) in [6.07, 6.45) is 1.11. The topological polar surface area (TPSA) is 42.6 Å². The summed E-state index contributed by atoms with van der Waals surface area (Å²) in [5, 5.41) is 7.03. The number of thiocarbonyl (C=S) groups is 1. The molecule has 0 amide bonds. The van der Waals surface area contributed by atoms with Crippen molar-refractivity contribution < 1.29 is 4.74 Å². The highest BCUT2D eigenvalue weighted by Crippen LogP contribution is 2.31.